The van der Waals surface area contributed by atoms with Gasteiger partial charge in [0.2, 0.25) is 5.91 Å². The van der Waals surface area contributed by atoms with Crippen LogP contribution in [0, 0.1) is 11.6 Å². The van der Waals surface area contributed by atoms with Gasteiger partial charge in [0, 0.05) is 10.6 Å². The van der Waals surface area contributed by atoms with Crippen molar-refractivity contribution in [1.29, 1.82) is 0 Å². The fourth-order valence-electron chi connectivity index (χ4n) is 1.76. The van der Waals surface area contributed by atoms with Crippen LogP contribution in [0.2, 0.25) is 5.02 Å². The van der Waals surface area contributed by atoms with Gasteiger partial charge in [0.25, 0.3) is 5.91 Å². The molecule has 0 radical (unpaired) electrons. The highest BCUT2D eigenvalue weighted by atomic mass is 35.5. The van der Waals surface area contributed by atoms with Crippen molar-refractivity contribution in [3.05, 3.63) is 58.6 Å². The fraction of sp³-hybridized carbons (Fsp3) is 0.0667. The normalized spacial score (nSPS) is 10.3. The molecule has 4 N–H and O–H groups in total. The summed E-state index contributed by atoms with van der Waals surface area (Å²) in [5.41, 5.74) is 5.63. The van der Waals surface area contributed by atoms with Crippen LogP contribution < -0.4 is 16.4 Å². The van der Waals surface area contributed by atoms with Crippen molar-refractivity contribution in [1.82, 2.24) is 0 Å². The average molecular weight is 340 g/mol. The third-order valence-electron chi connectivity index (χ3n) is 2.87. The summed E-state index contributed by atoms with van der Waals surface area (Å²) in [6.07, 6.45) is 0. The van der Waals surface area contributed by atoms with Crippen molar-refractivity contribution in [2.45, 2.75) is 0 Å². The molecule has 120 valence electrons. The van der Waals surface area contributed by atoms with E-state index in [0.29, 0.717) is 5.02 Å². The number of nitrogens with two attached hydrogens (primary N) is 1. The Morgan fingerprint density at radius 3 is 2.39 bits per heavy atom. The van der Waals surface area contributed by atoms with Crippen molar-refractivity contribution >= 4 is 34.8 Å². The zero-order valence-corrected chi connectivity index (χ0v) is 12.5. The van der Waals surface area contributed by atoms with Crippen LogP contribution in [-0.2, 0) is 4.79 Å². The van der Waals surface area contributed by atoms with Gasteiger partial charge in [-0.25, -0.2) is 8.78 Å². The number of amides is 2. The second-order valence-electron chi connectivity index (χ2n) is 4.53. The number of carbonyl (C=O) groups is 2. The van der Waals surface area contributed by atoms with E-state index in [0.717, 1.165) is 18.2 Å². The van der Waals surface area contributed by atoms with E-state index in [-0.39, 0.29) is 23.5 Å². The third-order valence-corrected chi connectivity index (χ3v) is 3.11. The summed E-state index contributed by atoms with van der Waals surface area (Å²) in [6, 6.07) is 7.16. The van der Waals surface area contributed by atoms with E-state index in [9.17, 15) is 18.4 Å². The van der Waals surface area contributed by atoms with E-state index < -0.39 is 23.4 Å². The van der Waals surface area contributed by atoms with E-state index in [1.54, 1.807) is 0 Å². The van der Waals surface area contributed by atoms with E-state index in [1.807, 2.05) is 0 Å². The minimum absolute atomic E-state index is 0.0741. The fourth-order valence-corrected chi connectivity index (χ4v) is 1.93. The molecule has 0 heterocycles. The Morgan fingerprint density at radius 2 is 1.74 bits per heavy atom. The van der Waals surface area contributed by atoms with Crippen LogP contribution in [0.25, 0.3) is 0 Å². The number of hydrogen-bond acceptors (Lipinski definition) is 3. The first-order chi connectivity index (χ1) is 10.9. The number of anilines is 2. The number of nitrogens with one attached hydrogen (secondary N) is 2. The zero-order valence-electron chi connectivity index (χ0n) is 11.7. The Kier molecular flexibility index (Phi) is 5.25. The summed E-state index contributed by atoms with van der Waals surface area (Å²) in [7, 11) is 0. The Balaban J connectivity index is 2.26. The molecule has 0 aliphatic rings. The predicted molar refractivity (Wildman–Crippen MR) is 83.4 cm³/mol. The standard InChI is InChI=1S/C15H12ClF2N3O2/c16-9-2-4-12(13(6-9)20-14(22)7-19)21-15(23)8-1-3-10(17)11(18)5-8/h1-6H,7,19H2,(H,20,22)(H,21,23). The quantitative estimate of drug-likeness (QED) is 0.800. The number of carbonyl (C=O) groups excluding carboxylic acids is 2. The number of rotatable bonds is 4. The minimum atomic E-state index is -1.13. The minimum Gasteiger partial charge on any atom is -0.323 e. The molecule has 0 aliphatic heterocycles. The smallest absolute Gasteiger partial charge is 0.255 e. The Bertz CT molecular complexity index is 768. The molecule has 0 atom stereocenters. The molecule has 23 heavy (non-hydrogen) atoms. The first kappa shape index (κ1) is 16.9. The Morgan fingerprint density at radius 1 is 1.00 bits per heavy atom. The molecule has 0 bridgehead atoms. The van der Waals surface area contributed by atoms with Crippen LogP contribution in [0.4, 0.5) is 20.2 Å². The van der Waals surface area contributed by atoms with Crippen molar-refractivity contribution < 1.29 is 18.4 Å². The van der Waals surface area contributed by atoms with Crippen molar-refractivity contribution in [2.24, 2.45) is 5.73 Å². The van der Waals surface area contributed by atoms with Crippen LogP contribution in [0.1, 0.15) is 10.4 Å². The van der Waals surface area contributed by atoms with Crippen molar-refractivity contribution in [3.63, 3.8) is 0 Å². The number of benzene rings is 2. The highest BCUT2D eigenvalue weighted by molar-refractivity contribution is 6.31. The van der Waals surface area contributed by atoms with Crippen LogP contribution in [0.15, 0.2) is 36.4 Å². The molecule has 5 nitrogen and oxygen atoms in total. The molecule has 2 rings (SSSR count). The third kappa shape index (κ3) is 4.24. The van der Waals surface area contributed by atoms with Gasteiger partial charge in [0.1, 0.15) is 0 Å². The van der Waals surface area contributed by atoms with Crippen molar-refractivity contribution in [2.75, 3.05) is 17.2 Å². The monoisotopic (exact) mass is 339 g/mol. The van der Waals surface area contributed by atoms with Gasteiger partial charge in [0.15, 0.2) is 11.6 Å². The second kappa shape index (κ2) is 7.17. The summed E-state index contributed by atoms with van der Waals surface area (Å²) in [4.78, 5) is 23.5. The molecule has 0 unspecified atom stereocenters. The zero-order chi connectivity index (χ0) is 17.0. The molecule has 0 spiro atoms. The van der Waals surface area contributed by atoms with E-state index in [2.05, 4.69) is 10.6 Å². The van der Waals surface area contributed by atoms with Gasteiger partial charge in [-0.15, -0.1) is 0 Å². The lowest BCUT2D eigenvalue weighted by Crippen LogP contribution is -2.23. The number of hydrogen-bond donors (Lipinski definition) is 3. The predicted octanol–water partition coefficient (Wildman–Crippen LogP) is 2.77. The van der Waals surface area contributed by atoms with Crippen LogP contribution in [0.3, 0.4) is 0 Å². The molecule has 8 heteroatoms. The maximum atomic E-state index is 13.2. The molecule has 2 aromatic carbocycles. The van der Waals surface area contributed by atoms with E-state index in [1.165, 1.54) is 18.2 Å². The molecular weight excluding hydrogens is 328 g/mol. The summed E-state index contributed by atoms with van der Waals surface area (Å²) < 4.78 is 26.1. The van der Waals surface area contributed by atoms with Crippen LogP contribution >= 0.6 is 11.6 Å². The first-order valence-electron chi connectivity index (χ1n) is 6.46. The lowest BCUT2D eigenvalue weighted by atomic mass is 10.2. The van der Waals surface area contributed by atoms with Crippen LogP contribution in [-0.4, -0.2) is 18.4 Å². The van der Waals surface area contributed by atoms with E-state index >= 15 is 0 Å². The molecule has 0 saturated heterocycles. The largest absolute Gasteiger partial charge is 0.323 e. The van der Waals surface area contributed by atoms with E-state index in [4.69, 9.17) is 17.3 Å². The molecule has 2 amide bonds. The van der Waals surface area contributed by atoms with Gasteiger partial charge in [-0.3, -0.25) is 9.59 Å². The molecule has 0 fully saturated rings. The highest BCUT2D eigenvalue weighted by Crippen LogP contribution is 2.26. The number of halogens is 3. The molecule has 0 aromatic heterocycles. The lowest BCUT2D eigenvalue weighted by Gasteiger charge is -2.12. The lowest BCUT2D eigenvalue weighted by molar-refractivity contribution is -0.114. The Labute approximate surface area is 135 Å². The van der Waals surface area contributed by atoms with Gasteiger partial charge in [-0.1, -0.05) is 11.6 Å². The molecule has 2 aromatic rings. The topological polar surface area (TPSA) is 84.2 Å². The van der Waals surface area contributed by atoms with Gasteiger partial charge < -0.3 is 16.4 Å². The molecule has 0 saturated carbocycles. The molecular formula is C15H12ClF2N3O2. The maximum Gasteiger partial charge on any atom is 0.255 e. The summed E-state index contributed by atoms with van der Waals surface area (Å²) >= 11 is 5.85. The summed E-state index contributed by atoms with van der Waals surface area (Å²) in [5, 5.41) is 5.31. The van der Waals surface area contributed by atoms with Gasteiger partial charge in [-0.05, 0) is 36.4 Å². The van der Waals surface area contributed by atoms with Gasteiger partial charge in [0.05, 0.1) is 17.9 Å². The second-order valence-corrected chi connectivity index (χ2v) is 4.96. The maximum absolute atomic E-state index is 13.2. The first-order valence-corrected chi connectivity index (χ1v) is 6.84. The van der Waals surface area contributed by atoms with Crippen LogP contribution in [0.5, 0.6) is 0 Å². The van der Waals surface area contributed by atoms with Gasteiger partial charge in [-0.2, -0.15) is 0 Å². The van der Waals surface area contributed by atoms with Gasteiger partial charge >= 0.3 is 0 Å². The highest BCUT2D eigenvalue weighted by Gasteiger charge is 2.13. The summed E-state index contributed by atoms with van der Waals surface area (Å²) in [6.45, 7) is -0.247. The molecule has 0 aliphatic carbocycles. The van der Waals surface area contributed by atoms with Crippen molar-refractivity contribution in [3.8, 4) is 0 Å². The summed E-state index contributed by atoms with van der Waals surface area (Å²) in [5.74, 6) is -3.33. The Hall–Kier alpha value is -2.51. The average Bonchev–Trinajstić information content (AvgIpc) is 2.52. The SMILES string of the molecule is NCC(=O)Nc1cc(Cl)ccc1NC(=O)c1ccc(F)c(F)c1.